The van der Waals surface area contributed by atoms with Gasteiger partial charge in [0.05, 0.1) is 12.5 Å². The van der Waals surface area contributed by atoms with Crippen LogP contribution in [0.1, 0.15) is 5.56 Å². The summed E-state index contributed by atoms with van der Waals surface area (Å²) in [6, 6.07) is 15.6. The number of ether oxygens (including phenoxy) is 1. The summed E-state index contributed by atoms with van der Waals surface area (Å²) in [6.45, 7) is 2.05. The van der Waals surface area contributed by atoms with Crippen LogP contribution in [-0.4, -0.2) is 27.2 Å². The van der Waals surface area contributed by atoms with Crippen LogP contribution >= 0.6 is 0 Å². The standard InChI is InChI=1S/C21H17N3O2/c1-13-6-3-4-8-16(13)15-10-17-19(18(11-15)26-2)23-20(24-21(17)25)14-7-5-9-22-12-14/h3-12H,1-2H3,(H,23,24,25). The first kappa shape index (κ1) is 16.0. The van der Waals surface area contributed by atoms with Gasteiger partial charge in [0, 0.05) is 18.0 Å². The number of aryl methyl sites for hydroxylation is 1. The highest BCUT2D eigenvalue weighted by Gasteiger charge is 2.15. The second-order valence-electron chi connectivity index (χ2n) is 6.00. The van der Waals surface area contributed by atoms with E-state index in [9.17, 15) is 5.11 Å². The van der Waals surface area contributed by atoms with Crippen LogP contribution in [-0.2, 0) is 0 Å². The fourth-order valence-corrected chi connectivity index (χ4v) is 3.02. The van der Waals surface area contributed by atoms with E-state index in [0.29, 0.717) is 22.5 Å². The second kappa shape index (κ2) is 6.44. The van der Waals surface area contributed by atoms with Crippen LogP contribution in [0.5, 0.6) is 11.6 Å². The zero-order valence-corrected chi connectivity index (χ0v) is 14.5. The van der Waals surface area contributed by atoms with Gasteiger partial charge in [0.1, 0.15) is 11.3 Å². The quantitative estimate of drug-likeness (QED) is 0.598. The number of hydrogen-bond donors (Lipinski definition) is 1. The second-order valence-corrected chi connectivity index (χ2v) is 6.00. The molecular weight excluding hydrogens is 326 g/mol. The maximum Gasteiger partial charge on any atom is 0.222 e. The van der Waals surface area contributed by atoms with Gasteiger partial charge in [-0.25, -0.2) is 4.98 Å². The Labute approximate surface area is 151 Å². The van der Waals surface area contributed by atoms with Gasteiger partial charge in [-0.1, -0.05) is 24.3 Å². The highest BCUT2D eigenvalue weighted by atomic mass is 16.5. The lowest BCUT2D eigenvalue weighted by Gasteiger charge is -2.12. The summed E-state index contributed by atoms with van der Waals surface area (Å²) in [7, 11) is 1.60. The van der Waals surface area contributed by atoms with Crippen molar-refractivity contribution < 1.29 is 9.84 Å². The van der Waals surface area contributed by atoms with Crippen LogP contribution < -0.4 is 4.74 Å². The van der Waals surface area contributed by atoms with Crippen LogP contribution in [0, 0.1) is 6.92 Å². The summed E-state index contributed by atoms with van der Waals surface area (Å²) in [5.74, 6) is 0.913. The average Bonchev–Trinajstić information content (AvgIpc) is 2.68. The number of aromatic hydroxyl groups is 1. The lowest BCUT2D eigenvalue weighted by atomic mass is 9.99. The van der Waals surface area contributed by atoms with Crippen molar-refractivity contribution >= 4 is 10.9 Å². The minimum absolute atomic E-state index is 0.0809. The van der Waals surface area contributed by atoms with Crippen molar-refractivity contribution in [3.63, 3.8) is 0 Å². The third kappa shape index (κ3) is 2.73. The van der Waals surface area contributed by atoms with E-state index in [1.54, 1.807) is 25.6 Å². The van der Waals surface area contributed by atoms with Crippen LogP contribution in [0.25, 0.3) is 33.4 Å². The van der Waals surface area contributed by atoms with E-state index in [1.807, 2.05) is 49.4 Å². The molecule has 4 aromatic rings. The molecule has 5 nitrogen and oxygen atoms in total. The molecule has 1 N–H and O–H groups in total. The third-order valence-electron chi connectivity index (χ3n) is 4.34. The molecule has 4 rings (SSSR count). The number of methoxy groups -OCH3 is 1. The number of hydrogen-bond acceptors (Lipinski definition) is 5. The molecule has 0 aliphatic heterocycles. The van der Waals surface area contributed by atoms with Gasteiger partial charge in [-0.3, -0.25) is 4.98 Å². The Morgan fingerprint density at radius 3 is 2.54 bits per heavy atom. The fraction of sp³-hybridized carbons (Fsp3) is 0.0952. The molecule has 0 radical (unpaired) electrons. The number of pyridine rings is 1. The Morgan fingerprint density at radius 1 is 0.962 bits per heavy atom. The zero-order chi connectivity index (χ0) is 18.1. The monoisotopic (exact) mass is 343 g/mol. The van der Waals surface area contributed by atoms with E-state index >= 15 is 0 Å². The molecule has 0 spiro atoms. The van der Waals surface area contributed by atoms with Gasteiger partial charge in [0.2, 0.25) is 5.88 Å². The summed E-state index contributed by atoms with van der Waals surface area (Å²) in [5.41, 5.74) is 4.45. The largest absolute Gasteiger partial charge is 0.494 e. The van der Waals surface area contributed by atoms with Crippen molar-refractivity contribution in [3.8, 4) is 34.1 Å². The van der Waals surface area contributed by atoms with Crippen molar-refractivity contribution in [1.29, 1.82) is 0 Å². The molecule has 2 heterocycles. The summed E-state index contributed by atoms with van der Waals surface area (Å²) in [6.07, 6.45) is 3.34. The molecule has 128 valence electrons. The summed E-state index contributed by atoms with van der Waals surface area (Å²) < 4.78 is 5.56. The molecule has 2 aromatic heterocycles. The van der Waals surface area contributed by atoms with Crippen molar-refractivity contribution in [3.05, 3.63) is 66.5 Å². The van der Waals surface area contributed by atoms with Gasteiger partial charge in [0.25, 0.3) is 0 Å². The molecule has 0 fully saturated rings. The third-order valence-corrected chi connectivity index (χ3v) is 4.34. The predicted octanol–water partition coefficient (Wildman–Crippen LogP) is 4.38. The average molecular weight is 343 g/mol. The first-order valence-corrected chi connectivity index (χ1v) is 8.22. The van der Waals surface area contributed by atoms with Crippen molar-refractivity contribution in [2.45, 2.75) is 6.92 Å². The Kier molecular flexibility index (Phi) is 3.97. The van der Waals surface area contributed by atoms with Crippen molar-refractivity contribution in [2.24, 2.45) is 0 Å². The van der Waals surface area contributed by atoms with Crippen molar-refractivity contribution in [1.82, 2.24) is 15.0 Å². The maximum atomic E-state index is 10.5. The van der Waals surface area contributed by atoms with Crippen molar-refractivity contribution in [2.75, 3.05) is 7.11 Å². The highest BCUT2D eigenvalue weighted by Crippen LogP contribution is 2.36. The molecule has 0 bridgehead atoms. The molecule has 0 aliphatic rings. The van der Waals surface area contributed by atoms with Crippen LogP contribution in [0.3, 0.4) is 0 Å². The molecule has 0 saturated carbocycles. The van der Waals surface area contributed by atoms with E-state index in [-0.39, 0.29) is 5.88 Å². The normalized spacial score (nSPS) is 10.8. The van der Waals surface area contributed by atoms with E-state index in [2.05, 4.69) is 15.0 Å². The lowest BCUT2D eigenvalue weighted by Crippen LogP contribution is -1.96. The SMILES string of the molecule is COc1cc(-c2ccccc2C)cc2c(O)nc(-c3cccnc3)nc12. The molecule has 2 aromatic carbocycles. The molecular formula is C21H17N3O2. The number of aromatic nitrogens is 3. The molecule has 0 saturated heterocycles. The molecule has 5 heteroatoms. The maximum absolute atomic E-state index is 10.5. The van der Waals surface area contributed by atoms with E-state index in [0.717, 1.165) is 22.3 Å². The van der Waals surface area contributed by atoms with Gasteiger partial charge in [-0.2, -0.15) is 4.98 Å². The Bertz CT molecular complexity index is 1100. The summed E-state index contributed by atoms with van der Waals surface area (Å²) in [5, 5.41) is 11.1. The Hall–Kier alpha value is -3.47. The van der Waals surface area contributed by atoms with Crippen LogP contribution in [0.15, 0.2) is 60.9 Å². The zero-order valence-electron chi connectivity index (χ0n) is 14.5. The van der Waals surface area contributed by atoms with Gasteiger partial charge >= 0.3 is 0 Å². The van der Waals surface area contributed by atoms with Gasteiger partial charge in [-0.05, 0) is 47.9 Å². The predicted molar refractivity (Wildman–Crippen MR) is 101 cm³/mol. The minimum Gasteiger partial charge on any atom is -0.494 e. The molecule has 0 unspecified atom stereocenters. The van der Waals surface area contributed by atoms with Gasteiger partial charge in [0.15, 0.2) is 5.82 Å². The molecule has 0 aliphatic carbocycles. The smallest absolute Gasteiger partial charge is 0.222 e. The fourth-order valence-electron chi connectivity index (χ4n) is 3.02. The molecule has 0 atom stereocenters. The summed E-state index contributed by atoms with van der Waals surface area (Å²) >= 11 is 0. The topological polar surface area (TPSA) is 68.1 Å². The molecule has 26 heavy (non-hydrogen) atoms. The Morgan fingerprint density at radius 2 is 1.81 bits per heavy atom. The number of rotatable bonds is 3. The first-order valence-electron chi connectivity index (χ1n) is 8.22. The first-order chi connectivity index (χ1) is 12.7. The van der Waals surface area contributed by atoms with E-state index in [4.69, 9.17) is 4.74 Å². The summed E-state index contributed by atoms with van der Waals surface area (Å²) in [4.78, 5) is 12.9. The van der Waals surface area contributed by atoms with Gasteiger partial charge in [-0.15, -0.1) is 0 Å². The highest BCUT2D eigenvalue weighted by molar-refractivity contribution is 5.94. The minimum atomic E-state index is -0.0809. The number of benzene rings is 2. The van der Waals surface area contributed by atoms with E-state index in [1.165, 1.54) is 0 Å². The molecule has 0 amide bonds. The van der Waals surface area contributed by atoms with E-state index < -0.39 is 0 Å². The Balaban J connectivity index is 1.97. The van der Waals surface area contributed by atoms with Crippen LogP contribution in [0.2, 0.25) is 0 Å². The number of fused-ring (bicyclic) bond motifs is 1. The van der Waals surface area contributed by atoms with Crippen LogP contribution in [0.4, 0.5) is 0 Å². The van der Waals surface area contributed by atoms with Gasteiger partial charge < -0.3 is 9.84 Å². The number of nitrogens with zero attached hydrogens (tertiary/aromatic N) is 3. The lowest BCUT2D eigenvalue weighted by molar-refractivity contribution is 0.418.